The first-order valence-electron chi connectivity index (χ1n) is 6.95. The molecule has 2 aromatic rings. The molecule has 0 fully saturated rings. The zero-order chi connectivity index (χ0) is 12.9. The summed E-state index contributed by atoms with van der Waals surface area (Å²) < 4.78 is 0. The van der Waals surface area contributed by atoms with Gasteiger partial charge in [0.2, 0.25) is 0 Å². The van der Waals surface area contributed by atoms with Crippen molar-refractivity contribution in [1.82, 2.24) is 15.5 Å². The minimum Gasteiger partial charge on any atom is -0.371 e. The van der Waals surface area contributed by atoms with Gasteiger partial charge >= 0.3 is 0 Å². The van der Waals surface area contributed by atoms with Crippen LogP contribution in [0.1, 0.15) is 17.7 Å². The SMILES string of the molecule is c1ccc2c(c1)CCN2CCCNCc1ccn[nH]1. The van der Waals surface area contributed by atoms with E-state index >= 15 is 0 Å². The van der Waals surface area contributed by atoms with Crippen molar-refractivity contribution in [2.75, 3.05) is 24.5 Å². The van der Waals surface area contributed by atoms with E-state index in [0.29, 0.717) is 0 Å². The van der Waals surface area contributed by atoms with Gasteiger partial charge in [-0.3, -0.25) is 5.10 Å². The molecule has 3 rings (SSSR count). The monoisotopic (exact) mass is 256 g/mol. The molecule has 2 N–H and O–H groups in total. The lowest BCUT2D eigenvalue weighted by Gasteiger charge is -2.19. The van der Waals surface area contributed by atoms with Crippen molar-refractivity contribution in [2.24, 2.45) is 0 Å². The third-order valence-corrected chi connectivity index (χ3v) is 3.64. The number of aromatic nitrogens is 2. The second-order valence-corrected chi connectivity index (χ2v) is 4.98. The molecule has 0 radical (unpaired) electrons. The molecule has 1 aromatic carbocycles. The van der Waals surface area contributed by atoms with Crippen molar-refractivity contribution in [3.05, 3.63) is 47.8 Å². The quantitative estimate of drug-likeness (QED) is 0.776. The lowest BCUT2D eigenvalue weighted by Crippen LogP contribution is -2.25. The highest BCUT2D eigenvalue weighted by molar-refractivity contribution is 5.57. The Morgan fingerprint density at radius 2 is 2.21 bits per heavy atom. The van der Waals surface area contributed by atoms with E-state index in [2.05, 4.69) is 44.7 Å². The highest BCUT2D eigenvalue weighted by atomic mass is 15.1. The summed E-state index contributed by atoms with van der Waals surface area (Å²) in [5.41, 5.74) is 4.07. The Morgan fingerprint density at radius 3 is 3.11 bits per heavy atom. The zero-order valence-electron chi connectivity index (χ0n) is 11.1. The third kappa shape index (κ3) is 2.96. The summed E-state index contributed by atoms with van der Waals surface area (Å²) in [6.07, 6.45) is 4.15. The van der Waals surface area contributed by atoms with Gasteiger partial charge in [0.15, 0.2) is 0 Å². The Labute approximate surface area is 113 Å². The van der Waals surface area contributed by atoms with Crippen LogP contribution >= 0.6 is 0 Å². The molecule has 0 atom stereocenters. The Hall–Kier alpha value is -1.81. The van der Waals surface area contributed by atoms with Crippen molar-refractivity contribution >= 4 is 5.69 Å². The maximum Gasteiger partial charge on any atom is 0.0490 e. The van der Waals surface area contributed by atoms with Crippen molar-refractivity contribution in [3.8, 4) is 0 Å². The normalized spacial score (nSPS) is 13.8. The predicted molar refractivity (Wildman–Crippen MR) is 77.3 cm³/mol. The number of hydrogen-bond acceptors (Lipinski definition) is 3. The number of hydrogen-bond donors (Lipinski definition) is 2. The van der Waals surface area contributed by atoms with E-state index in [1.807, 2.05) is 6.07 Å². The average Bonchev–Trinajstić information content (AvgIpc) is 3.08. The van der Waals surface area contributed by atoms with Crippen LogP contribution in [-0.2, 0) is 13.0 Å². The van der Waals surface area contributed by atoms with Gasteiger partial charge in [0.05, 0.1) is 0 Å². The molecule has 1 aliphatic heterocycles. The van der Waals surface area contributed by atoms with Crippen LogP contribution in [0.4, 0.5) is 5.69 Å². The molecule has 0 saturated heterocycles. The molecule has 1 aromatic heterocycles. The largest absolute Gasteiger partial charge is 0.371 e. The number of nitrogens with zero attached hydrogens (tertiary/aromatic N) is 2. The number of aromatic amines is 1. The lowest BCUT2D eigenvalue weighted by atomic mass is 10.2. The van der Waals surface area contributed by atoms with Crippen LogP contribution in [0.3, 0.4) is 0 Å². The number of rotatable bonds is 6. The molecular weight excluding hydrogens is 236 g/mol. The molecule has 1 aliphatic rings. The van der Waals surface area contributed by atoms with Crippen LogP contribution < -0.4 is 10.2 Å². The van der Waals surface area contributed by atoms with Crippen molar-refractivity contribution < 1.29 is 0 Å². The molecule has 0 spiro atoms. The standard InChI is InChI=1S/C15H20N4/c1-2-5-15-13(4-1)7-11-19(15)10-3-8-16-12-14-6-9-17-18-14/h1-2,4-6,9,16H,3,7-8,10-12H2,(H,17,18). The van der Waals surface area contributed by atoms with Gasteiger partial charge in [-0.25, -0.2) is 0 Å². The molecule has 0 unspecified atom stereocenters. The van der Waals surface area contributed by atoms with E-state index in [1.54, 1.807) is 6.20 Å². The Morgan fingerprint density at radius 1 is 1.26 bits per heavy atom. The fraction of sp³-hybridized carbons (Fsp3) is 0.400. The fourth-order valence-electron chi connectivity index (χ4n) is 2.64. The molecule has 0 saturated carbocycles. The van der Waals surface area contributed by atoms with Crippen molar-refractivity contribution in [3.63, 3.8) is 0 Å². The van der Waals surface area contributed by atoms with Gasteiger partial charge in [-0.2, -0.15) is 5.10 Å². The maximum absolute atomic E-state index is 3.94. The number of fused-ring (bicyclic) bond motifs is 1. The lowest BCUT2D eigenvalue weighted by molar-refractivity contribution is 0.630. The molecule has 0 bridgehead atoms. The van der Waals surface area contributed by atoms with Gasteiger partial charge in [-0.15, -0.1) is 0 Å². The smallest absolute Gasteiger partial charge is 0.0490 e. The van der Waals surface area contributed by atoms with Crippen LogP contribution in [0.15, 0.2) is 36.5 Å². The summed E-state index contributed by atoms with van der Waals surface area (Å²) in [5.74, 6) is 0. The van der Waals surface area contributed by atoms with Crippen LogP contribution in [-0.4, -0.2) is 29.8 Å². The summed E-state index contributed by atoms with van der Waals surface area (Å²) in [6.45, 7) is 4.21. The topological polar surface area (TPSA) is 44.0 Å². The second-order valence-electron chi connectivity index (χ2n) is 4.98. The van der Waals surface area contributed by atoms with Crippen LogP contribution in [0, 0.1) is 0 Å². The first-order chi connectivity index (χ1) is 9.43. The first kappa shape index (κ1) is 12.2. The fourth-order valence-corrected chi connectivity index (χ4v) is 2.64. The number of anilines is 1. The predicted octanol–water partition coefficient (Wildman–Crippen LogP) is 1.95. The highest BCUT2D eigenvalue weighted by Crippen LogP contribution is 2.27. The van der Waals surface area contributed by atoms with Gasteiger partial charge in [0.25, 0.3) is 0 Å². The number of H-pyrrole nitrogens is 1. The summed E-state index contributed by atoms with van der Waals surface area (Å²) >= 11 is 0. The van der Waals surface area contributed by atoms with Crippen molar-refractivity contribution in [2.45, 2.75) is 19.4 Å². The number of benzene rings is 1. The highest BCUT2D eigenvalue weighted by Gasteiger charge is 2.16. The molecular formula is C15H20N4. The maximum atomic E-state index is 3.94. The molecule has 4 heteroatoms. The number of nitrogens with one attached hydrogen (secondary N) is 2. The van der Waals surface area contributed by atoms with Crippen molar-refractivity contribution in [1.29, 1.82) is 0 Å². The van der Waals surface area contributed by atoms with E-state index in [0.717, 1.165) is 25.3 Å². The minimum atomic E-state index is 0.872. The van der Waals surface area contributed by atoms with Gasteiger partial charge in [0.1, 0.15) is 0 Å². The molecule has 4 nitrogen and oxygen atoms in total. The zero-order valence-corrected chi connectivity index (χ0v) is 11.1. The molecule has 2 heterocycles. The van der Waals surface area contributed by atoms with Gasteiger partial charge in [-0.1, -0.05) is 18.2 Å². The van der Waals surface area contributed by atoms with Gasteiger partial charge in [-0.05, 0) is 37.1 Å². The van der Waals surface area contributed by atoms with Gasteiger partial charge < -0.3 is 10.2 Å². The van der Waals surface area contributed by atoms with E-state index in [9.17, 15) is 0 Å². The molecule has 0 aliphatic carbocycles. The minimum absolute atomic E-state index is 0.872. The van der Waals surface area contributed by atoms with Gasteiger partial charge in [0, 0.05) is 37.2 Å². The second kappa shape index (κ2) is 5.89. The number of para-hydroxylation sites is 1. The summed E-state index contributed by atoms with van der Waals surface area (Å²) in [6, 6.07) is 10.7. The third-order valence-electron chi connectivity index (χ3n) is 3.64. The molecule has 0 amide bonds. The summed E-state index contributed by atoms with van der Waals surface area (Å²) in [7, 11) is 0. The van der Waals surface area contributed by atoms with E-state index in [-0.39, 0.29) is 0 Å². The summed E-state index contributed by atoms with van der Waals surface area (Å²) in [4.78, 5) is 2.49. The summed E-state index contributed by atoms with van der Waals surface area (Å²) in [5, 5.41) is 10.3. The Kier molecular flexibility index (Phi) is 3.79. The molecule has 100 valence electrons. The van der Waals surface area contributed by atoms with E-state index < -0.39 is 0 Å². The first-order valence-corrected chi connectivity index (χ1v) is 6.95. The van der Waals surface area contributed by atoms with E-state index in [4.69, 9.17) is 0 Å². The Balaban J connectivity index is 1.39. The van der Waals surface area contributed by atoms with E-state index in [1.165, 1.54) is 30.6 Å². The molecule has 19 heavy (non-hydrogen) atoms. The van der Waals surface area contributed by atoms with Crippen LogP contribution in [0.25, 0.3) is 0 Å². The van der Waals surface area contributed by atoms with Crippen LogP contribution in [0.2, 0.25) is 0 Å². The average molecular weight is 256 g/mol. The van der Waals surface area contributed by atoms with Crippen LogP contribution in [0.5, 0.6) is 0 Å². The Bertz CT molecular complexity index is 507.